The lowest BCUT2D eigenvalue weighted by Gasteiger charge is -2.27. The van der Waals surface area contributed by atoms with Crippen molar-refractivity contribution in [2.75, 3.05) is 25.5 Å². The van der Waals surface area contributed by atoms with Gasteiger partial charge in [-0.25, -0.2) is 4.79 Å². The van der Waals surface area contributed by atoms with Gasteiger partial charge in [0.15, 0.2) is 0 Å². The fourth-order valence-corrected chi connectivity index (χ4v) is 3.68. The Morgan fingerprint density at radius 3 is 2.75 bits per heavy atom. The molecule has 0 spiro atoms. The summed E-state index contributed by atoms with van der Waals surface area (Å²) < 4.78 is 0. The predicted octanol–water partition coefficient (Wildman–Crippen LogP) is 3.61. The van der Waals surface area contributed by atoms with E-state index in [1.165, 1.54) is 19.3 Å². The predicted molar refractivity (Wildman–Crippen MR) is 110 cm³/mol. The zero-order chi connectivity index (χ0) is 19.3. The Morgan fingerprint density at radius 2 is 1.89 bits per heavy atom. The average Bonchev–Trinajstić information content (AvgIpc) is 3.18. The van der Waals surface area contributed by atoms with E-state index in [0.29, 0.717) is 6.54 Å². The van der Waals surface area contributed by atoms with Crippen molar-refractivity contribution in [1.82, 2.24) is 25.2 Å². The molecule has 2 aromatic carbocycles. The van der Waals surface area contributed by atoms with E-state index in [1.807, 2.05) is 36.4 Å². The molecule has 1 fully saturated rings. The van der Waals surface area contributed by atoms with E-state index >= 15 is 0 Å². The quantitative estimate of drug-likeness (QED) is 0.711. The molecular weight excluding hydrogens is 352 g/mol. The Kier molecular flexibility index (Phi) is 5.53. The number of fused-ring (bicyclic) bond motifs is 1. The molecule has 0 bridgehead atoms. The van der Waals surface area contributed by atoms with Gasteiger partial charge in [-0.05, 0) is 55.3 Å². The standard InChI is InChI=1S/C21H26N6O/c1-26(14-16-9-10-19-20(13-16)24-25-23-19)21(28)22-18-8-4-3-7-17(18)15-27-11-5-2-6-12-27/h3-4,7-10,13H,2,5-6,11-12,14-15H2,1H3,(H,22,28)(H,23,24,25). The first-order chi connectivity index (χ1) is 13.7. The zero-order valence-electron chi connectivity index (χ0n) is 16.2. The van der Waals surface area contributed by atoms with E-state index in [0.717, 1.165) is 47.5 Å². The molecule has 0 atom stereocenters. The van der Waals surface area contributed by atoms with Gasteiger partial charge in [-0.3, -0.25) is 4.90 Å². The molecule has 4 rings (SSSR count). The Bertz CT molecular complexity index is 947. The van der Waals surface area contributed by atoms with Crippen LogP contribution >= 0.6 is 0 Å². The maximum Gasteiger partial charge on any atom is 0.321 e. The van der Waals surface area contributed by atoms with Crippen LogP contribution in [0.15, 0.2) is 42.5 Å². The number of anilines is 1. The number of nitrogens with zero attached hydrogens (tertiary/aromatic N) is 4. The monoisotopic (exact) mass is 378 g/mol. The molecule has 1 saturated heterocycles. The number of aromatic nitrogens is 3. The van der Waals surface area contributed by atoms with Crippen molar-refractivity contribution in [3.8, 4) is 0 Å². The minimum Gasteiger partial charge on any atom is -0.323 e. The Labute approximate surface area is 164 Å². The van der Waals surface area contributed by atoms with E-state index in [2.05, 4.69) is 31.7 Å². The first-order valence-corrected chi connectivity index (χ1v) is 9.81. The molecule has 146 valence electrons. The summed E-state index contributed by atoms with van der Waals surface area (Å²) in [5.74, 6) is 0. The number of para-hydroxylation sites is 1. The number of aromatic amines is 1. The van der Waals surface area contributed by atoms with Gasteiger partial charge in [0.1, 0.15) is 11.0 Å². The van der Waals surface area contributed by atoms with Gasteiger partial charge in [-0.1, -0.05) is 30.7 Å². The van der Waals surface area contributed by atoms with E-state index < -0.39 is 0 Å². The number of amides is 2. The van der Waals surface area contributed by atoms with Gasteiger partial charge in [-0.15, -0.1) is 0 Å². The number of H-pyrrole nitrogens is 1. The van der Waals surface area contributed by atoms with E-state index in [4.69, 9.17) is 0 Å². The van der Waals surface area contributed by atoms with Gasteiger partial charge < -0.3 is 10.2 Å². The van der Waals surface area contributed by atoms with Crippen molar-refractivity contribution < 1.29 is 4.79 Å². The number of hydrogen-bond acceptors (Lipinski definition) is 4. The largest absolute Gasteiger partial charge is 0.323 e. The van der Waals surface area contributed by atoms with Crippen molar-refractivity contribution in [3.63, 3.8) is 0 Å². The Hall–Kier alpha value is -2.93. The molecule has 7 nitrogen and oxygen atoms in total. The Morgan fingerprint density at radius 1 is 1.11 bits per heavy atom. The number of urea groups is 1. The molecule has 7 heteroatoms. The van der Waals surface area contributed by atoms with Crippen LogP contribution in [0.25, 0.3) is 11.0 Å². The lowest BCUT2D eigenvalue weighted by atomic mass is 10.1. The zero-order valence-corrected chi connectivity index (χ0v) is 16.2. The SMILES string of the molecule is CN(Cc1ccc2n[nH]nc2c1)C(=O)Nc1ccccc1CN1CCCCC1. The van der Waals surface area contributed by atoms with Crippen LogP contribution < -0.4 is 5.32 Å². The number of piperidine rings is 1. The summed E-state index contributed by atoms with van der Waals surface area (Å²) in [5.41, 5.74) is 4.69. The second-order valence-electron chi connectivity index (χ2n) is 7.43. The number of carbonyl (C=O) groups excluding carboxylic acids is 1. The van der Waals surface area contributed by atoms with Crippen LogP contribution in [0.4, 0.5) is 10.5 Å². The maximum absolute atomic E-state index is 12.7. The summed E-state index contributed by atoms with van der Waals surface area (Å²) >= 11 is 0. The van der Waals surface area contributed by atoms with Crippen molar-refractivity contribution in [2.45, 2.75) is 32.4 Å². The highest BCUT2D eigenvalue weighted by atomic mass is 16.2. The first-order valence-electron chi connectivity index (χ1n) is 9.81. The van der Waals surface area contributed by atoms with E-state index in [-0.39, 0.29) is 6.03 Å². The molecule has 1 aromatic heterocycles. The molecule has 0 aliphatic carbocycles. The fourth-order valence-electron chi connectivity index (χ4n) is 3.68. The first kappa shape index (κ1) is 18.4. The molecule has 2 heterocycles. The summed E-state index contributed by atoms with van der Waals surface area (Å²) in [6.45, 7) is 3.64. The summed E-state index contributed by atoms with van der Waals surface area (Å²) in [6, 6.07) is 13.8. The topological polar surface area (TPSA) is 77.1 Å². The smallest absolute Gasteiger partial charge is 0.321 e. The van der Waals surface area contributed by atoms with Crippen LogP contribution in [0.1, 0.15) is 30.4 Å². The number of hydrogen-bond donors (Lipinski definition) is 2. The lowest BCUT2D eigenvalue weighted by Crippen LogP contribution is -2.32. The average molecular weight is 378 g/mol. The fraction of sp³-hybridized carbons (Fsp3) is 0.381. The number of likely N-dealkylation sites (tertiary alicyclic amines) is 1. The molecule has 2 N–H and O–H groups in total. The van der Waals surface area contributed by atoms with Gasteiger partial charge >= 0.3 is 6.03 Å². The van der Waals surface area contributed by atoms with E-state index in [1.54, 1.807) is 11.9 Å². The molecule has 1 aliphatic heterocycles. The third kappa shape index (κ3) is 4.31. The summed E-state index contributed by atoms with van der Waals surface area (Å²) in [7, 11) is 1.80. The highest BCUT2D eigenvalue weighted by molar-refractivity contribution is 5.90. The van der Waals surface area contributed by atoms with E-state index in [9.17, 15) is 4.79 Å². The van der Waals surface area contributed by atoms with Crippen LogP contribution in [0.3, 0.4) is 0 Å². The second kappa shape index (κ2) is 8.39. The van der Waals surface area contributed by atoms with Crippen molar-refractivity contribution in [1.29, 1.82) is 0 Å². The van der Waals surface area contributed by atoms with Gasteiger partial charge in [0.05, 0.1) is 0 Å². The number of carbonyl (C=O) groups is 1. The third-order valence-corrected chi connectivity index (χ3v) is 5.25. The van der Waals surface area contributed by atoms with Crippen molar-refractivity contribution in [2.24, 2.45) is 0 Å². The van der Waals surface area contributed by atoms with Gasteiger partial charge in [-0.2, -0.15) is 15.4 Å². The van der Waals surface area contributed by atoms with Gasteiger partial charge in [0.2, 0.25) is 0 Å². The molecule has 2 amide bonds. The van der Waals surface area contributed by atoms with Gasteiger partial charge in [0, 0.05) is 25.8 Å². The van der Waals surface area contributed by atoms with Crippen LogP contribution in [0.2, 0.25) is 0 Å². The summed E-state index contributed by atoms with van der Waals surface area (Å²) in [6.07, 6.45) is 3.83. The number of rotatable bonds is 5. The molecule has 1 aliphatic rings. The van der Waals surface area contributed by atoms with Crippen molar-refractivity contribution >= 4 is 22.8 Å². The molecular formula is C21H26N6O. The minimum absolute atomic E-state index is 0.119. The minimum atomic E-state index is -0.119. The second-order valence-corrected chi connectivity index (χ2v) is 7.43. The molecule has 0 saturated carbocycles. The summed E-state index contributed by atoms with van der Waals surface area (Å²) in [4.78, 5) is 16.9. The molecule has 3 aromatic rings. The number of benzene rings is 2. The van der Waals surface area contributed by atoms with Crippen molar-refractivity contribution in [3.05, 3.63) is 53.6 Å². The third-order valence-electron chi connectivity index (χ3n) is 5.25. The molecule has 0 unspecified atom stereocenters. The number of nitrogens with one attached hydrogen (secondary N) is 2. The molecule has 0 radical (unpaired) electrons. The van der Waals surface area contributed by atoms with Crippen LogP contribution in [-0.4, -0.2) is 51.4 Å². The Balaban J connectivity index is 1.41. The summed E-state index contributed by atoms with van der Waals surface area (Å²) in [5, 5.41) is 13.9. The van der Waals surface area contributed by atoms with Crippen LogP contribution in [-0.2, 0) is 13.1 Å². The normalized spacial score (nSPS) is 14.9. The molecule has 28 heavy (non-hydrogen) atoms. The van der Waals surface area contributed by atoms with Crippen LogP contribution in [0.5, 0.6) is 0 Å². The van der Waals surface area contributed by atoms with Gasteiger partial charge in [0.25, 0.3) is 0 Å². The van der Waals surface area contributed by atoms with Crippen LogP contribution in [0, 0.1) is 0 Å². The lowest BCUT2D eigenvalue weighted by molar-refractivity contribution is 0.218. The highest BCUT2D eigenvalue weighted by Crippen LogP contribution is 2.20. The highest BCUT2D eigenvalue weighted by Gasteiger charge is 2.15. The maximum atomic E-state index is 12.7.